The molecule has 10 heteroatoms. The number of benzene rings is 2. The van der Waals surface area contributed by atoms with Crippen molar-refractivity contribution in [2.75, 3.05) is 14.2 Å². The Kier molecular flexibility index (Phi) is 5.89. The van der Waals surface area contributed by atoms with Gasteiger partial charge in [-0.25, -0.2) is 13.9 Å². The van der Waals surface area contributed by atoms with E-state index in [9.17, 15) is 9.59 Å². The molecule has 0 fully saturated rings. The van der Waals surface area contributed by atoms with Crippen LogP contribution in [0.3, 0.4) is 0 Å². The van der Waals surface area contributed by atoms with Gasteiger partial charge in [0.15, 0.2) is 11.5 Å². The first-order chi connectivity index (χ1) is 16.5. The maximum atomic E-state index is 13.3. The maximum absolute atomic E-state index is 13.3. The summed E-state index contributed by atoms with van der Waals surface area (Å²) >= 11 is 7.61. The molecule has 8 nitrogen and oxygen atoms in total. The molecule has 0 spiro atoms. The molecule has 0 saturated carbocycles. The lowest BCUT2D eigenvalue weighted by atomic mass is 10.1. The van der Waals surface area contributed by atoms with Gasteiger partial charge in [-0.1, -0.05) is 35.9 Å². The minimum Gasteiger partial charge on any atom is -0.493 e. The molecule has 0 atom stereocenters. The molecule has 0 unspecified atom stereocenters. The van der Waals surface area contributed by atoms with Gasteiger partial charge >= 0.3 is 5.69 Å². The number of nitrogens with zero attached hydrogens (tertiary/aromatic N) is 4. The third kappa shape index (κ3) is 3.76. The van der Waals surface area contributed by atoms with Crippen LogP contribution in [0.2, 0.25) is 5.02 Å². The van der Waals surface area contributed by atoms with Gasteiger partial charge < -0.3 is 9.47 Å². The molecule has 5 rings (SSSR count). The molecule has 0 aliphatic rings. The lowest BCUT2D eigenvalue weighted by Gasteiger charge is -2.11. The molecule has 34 heavy (non-hydrogen) atoms. The zero-order chi connectivity index (χ0) is 23.8. The van der Waals surface area contributed by atoms with E-state index in [2.05, 4.69) is 5.10 Å². The van der Waals surface area contributed by atoms with Gasteiger partial charge in [-0.3, -0.25) is 9.36 Å². The van der Waals surface area contributed by atoms with Crippen LogP contribution in [-0.2, 0) is 19.5 Å². The molecule has 2 aromatic carbocycles. The topological polar surface area (TPSA) is 79.8 Å². The predicted molar refractivity (Wildman–Crippen MR) is 133 cm³/mol. The molecular weight excluding hydrogens is 476 g/mol. The van der Waals surface area contributed by atoms with Crippen molar-refractivity contribution >= 4 is 38.9 Å². The van der Waals surface area contributed by atoms with Gasteiger partial charge in [0.1, 0.15) is 4.70 Å². The predicted octanol–water partition coefficient (Wildman–Crippen LogP) is 3.83. The Morgan fingerprint density at radius 3 is 2.59 bits per heavy atom. The van der Waals surface area contributed by atoms with Gasteiger partial charge in [-0.2, -0.15) is 0 Å². The van der Waals surface area contributed by atoms with Crippen LogP contribution in [0.15, 0.2) is 63.5 Å². The van der Waals surface area contributed by atoms with E-state index in [1.54, 1.807) is 30.9 Å². The van der Waals surface area contributed by atoms with Gasteiger partial charge in [0.25, 0.3) is 5.56 Å². The zero-order valence-electron chi connectivity index (χ0n) is 18.5. The van der Waals surface area contributed by atoms with E-state index in [0.717, 1.165) is 11.1 Å². The van der Waals surface area contributed by atoms with E-state index in [-0.39, 0.29) is 17.8 Å². The Labute approximate surface area is 203 Å². The third-order valence-electron chi connectivity index (χ3n) is 5.74. The standard InChI is InChI=1S/C24H21ClN4O4S/c1-32-19-8-7-15(13-20(19)33-2)9-11-27-22(30)21-18(10-12-34-21)29-23(27)26-28(24(29)31)14-16-5-3-4-6-17(16)25/h3-8,10,12-13H,9,11,14H2,1-2H3. The van der Waals surface area contributed by atoms with Gasteiger partial charge in [0.05, 0.1) is 26.3 Å². The highest BCUT2D eigenvalue weighted by molar-refractivity contribution is 7.17. The van der Waals surface area contributed by atoms with Crippen LogP contribution in [0.25, 0.3) is 16.0 Å². The number of thiophene rings is 1. The Balaban J connectivity index is 1.60. The minimum atomic E-state index is -0.321. The largest absolute Gasteiger partial charge is 0.493 e. The van der Waals surface area contributed by atoms with Gasteiger partial charge in [0.2, 0.25) is 5.78 Å². The fourth-order valence-corrected chi connectivity index (χ4v) is 5.02. The summed E-state index contributed by atoms with van der Waals surface area (Å²) in [7, 11) is 3.17. The van der Waals surface area contributed by atoms with Crippen LogP contribution in [0.1, 0.15) is 11.1 Å². The molecule has 0 bridgehead atoms. The Morgan fingerprint density at radius 1 is 1.03 bits per heavy atom. The smallest absolute Gasteiger partial charge is 0.352 e. The second kappa shape index (κ2) is 9.00. The van der Waals surface area contributed by atoms with Crippen LogP contribution in [0.4, 0.5) is 0 Å². The summed E-state index contributed by atoms with van der Waals surface area (Å²) in [6.07, 6.45) is 0.540. The van der Waals surface area contributed by atoms with E-state index in [4.69, 9.17) is 21.1 Å². The summed E-state index contributed by atoms with van der Waals surface area (Å²) in [5, 5.41) is 6.91. The van der Waals surface area contributed by atoms with Crippen molar-refractivity contribution in [1.29, 1.82) is 0 Å². The van der Waals surface area contributed by atoms with Crippen molar-refractivity contribution in [1.82, 2.24) is 18.7 Å². The molecule has 0 radical (unpaired) electrons. The van der Waals surface area contributed by atoms with Gasteiger partial charge in [0, 0.05) is 11.6 Å². The number of hydrogen-bond acceptors (Lipinski definition) is 6. The summed E-state index contributed by atoms with van der Waals surface area (Å²) in [5.41, 5.74) is 1.80. The zero-order valence-corrected chi connectivity index (χ0v) is 20.1. The van der Waals surface area contributed by atoms with Gasteiger partial charge in [-0.15, -0.1) is 16.4 Å². The number of hydrogen-bond donors (Lipinski definition) is 0. The molecule has 0 aliphatic heterocycles. The second-order valence-corrected chi connectivity index (χ2v) is 9.02. The molecule has 0 amide bonds. The van der Waals surface area contributed by atoms with Crippen LogP contribution in [0.5, 0.6) is 11.5 Å². The minimum absolute atomic E-state index is 0.173. The first-order valence-electron chi connectivity index (χ1n) is 10.6. The molecule has 3 heterocycles. The molecule has 3 aromatic heterocycles. The Bertz CT molecular complexity index is 1630. The third-order valence-corrected chi connectivity index (χ3v) is 7.00. The number of methoxy groups -OCH3 is 2. The highest BCUT2D eigenvalue weighted by Crippen LogP contribution is 2.28. The number of halogens is 1. The van der Waals surface area contributed by atoms with Crippen molar-refractivity contribution in [3.63, 3.8) is 0 Å². The average molecular weight is 497 g/mol. The highest BCUT2D eigenvalue weighted by atomic mass is 35.5. The van der Waals surface area contributed by atoms with E-state index in [1.807, 2.05) is 41.8 Å². The lowest BCUT2D eigenvalue weighted by molar-refractivity contribution is 0.354. The summed E-state index contributed by atoms with van der Waals surface area (Å²) < 4.78 is 15.6. The van der Waals surface area contributed by atoms with E-state index in [0.29, 0.717) is 45.5 Å². The highest BCUT2D eigenvalue weighted by Gasteiger charge is 2.19. The van der Waals surface area contributed by atoms with Crippen LogP contribution in [0, 0.1) is 0 Å². The van der Waals surface area contributed by atoms with E-state index < -0.39 is 0 Å². The van der Waals surface area contributed by atoms with Crippen molar-refractivity contribution in [2.45, 2.75) is 19.5 Å². The normalized spacial score (nSPS) is 11.4. The number of aromatic nitrogens is 4. The lowest BCUT2D eigenvalue weighted by Crippen LogP contribution is -2.26. The van der Waals surface area contributed by atoms with Crippen LogP contribution < -0.4 is 20.7 Å². The second-order valence-electron chi connectivity index (χ2n) is 7.70. The molecular formula is C24H21ClN4O4S. The fraction of sp³-hybridized carbons (Fsp3) is 0.208. The maximum Gasteiger partial charge on any atom is 0.352 e. The van der Waals surface area contributed by atoms with Crippen LogP contribution >= 0.6 is 22.9 Å². The van der Waals surface area contributed by atoms with E-state index >= 15 is 0 Å². The molecule has 5 aromatic rings. The fourth-order valence-electron chi connectivity index (χ4n) is 4.00. The first kappa shape index (κ1) is 22.2. The monoisotopic (exact) mass is 496 g/mol. The summed E-state index contributed by atoms with van der Waals surface area (Å²) in [5.74, 6) is 1.55. The van der Waals surface area contributed by atoms with Crippen molar-refractivity contribution in [3.8, 4) is 11.5 Å². The number of ether oxygens (including phenoxy) is 2. The van der Waals surface area contributed by atoms with Crippen LogP contribution in [-0.4, -0.2) is 33.0 Å². The molecule has 0 aliphatic carbocycles. The van der Waals surface area contributed by atoms with E-state index in [1.165, 1.54) is 20.4 Å². The van der Waals surface area contributed by atoms with Crippen molar-refractivity contribution in [2.24, 2.45) is 0 Å². The number of aryl methyl sites for hydroxylation is 2. The first-order valence-corrected chi connectivity index (χ1v) is 11.8. The summed E-state index contributed by atoms with van der Waals surface area (Å²) in [6, 6.07) is 14.7. The number of rotatable bonds is 7. The molecule has 174 valence electrons. The van der Waals surface area contributed by atoms with Crippen molar-refractivity contribution < 1.29 is 9.47 Å². The van der Waals surface area contributed by atoms with Crippen molar-refractivity contribution in [3.05, 3.63) is 90.9 Å². The molecule has 0 N–H and O–H groups in total. The summed E-state index contributed by atoms with van der Waals surface area (Å²) in [6.45, 7) is 0.546. The number of fused-ring (bicyclic) bond motifs is 3. The van der Waals surface area contributed by atoms with Gasteiger partial charge in [-0.05, 0) is 47.2 Å². The summed E-state index contributed by atoms with van der Waals surface area (Å²) in [4.78, 5) is 26.7. The Morgan fingerprint density at radius 2 is 1.82 bits per heavy atom. The molecule has 0 saturated heterocycles. The quantitative estimate of drug-likeness (QED) is 0.342. The Hall–Kier alpha value is -3.56. The average Bonchev–Trinajstić information content (AvgIpc) is 3.45. The SMILES string of the molecule is COc1ccc(CCn2c(=O)c3sccc3n3c(=O)n(Cc4ccccc4Cl)nc23)cc1OC.